The van der Waals surface area contributed by atoms with Gasteiger partial charge >= 0.3 is 0 Å². The summed E-state index contributed by atoms with van der Waals surface area (Å²) >= 11 is 0. The van der Waals surface area contributed by atoms with Crippen LogP contribution in [0.3, 0.4) is 0 Å². The molecule has 0 saturated heterocycles. The zero-order chi connectivity index (χ0) is 15.1. The molecule has 1 aromatic rings. The molecule has 1 atom stereocenters. The molecule has 0 heterocycles. The highest BCUT2D eigenvalue weighted by Gasteiger charge is 2.48. The molecule has 20 heavy (non-hydrogen) atoms. The molecule has 1 aliphatic carbocycles. The maximum atomic E-state index is 12.5. The summed E-state index contributed by atoms with van der Waals surface area (Å²) in [5, 5.41) is 3.22. The molecule has 0 spiro atoms. The molecule has 2 N–H and O–H groups in total. The van der Waals surface area contributed by atoms with Crippen molar-refractivity contribution in [3.8, 4) is 0 Å². The minimum Gasteiger partial charge on any atom is -0.385 e. The van der Waals surface area contributed by atoms with E-state index >= 15 is 0 Å². The van der Waals surface area contributed by atoms with Gasteiger partial charge in [0.1, 0.15) is 0 Å². The fourth-order valence-corrected chi connectivity index (χ4v) is 4.46. The van der Waals surface area contributed by atoms with Crippen molar-refractivity contribution in [3.05, 3.63) is 23.3 Å². The Balaban J connectivity index is 2.32. The largest absolute Gasteiger partial charge is 0.385 e. The molecule has 1 fully saturated rings. The van der Waals surface area contributed by atoms with Crippen molar-refractivity contribution < 1.29 is 8.42 Å². The predicted octanol–water partition coefficient (Wildman–Crippen LogP) is 2.81. The Morgan fingerprint density at radius 3 is 2.15 bits per heavy atom. The third kappa shape index (κ3) is 2.99. The zero-order valence-corrected chi connectivity index (χ0v) is 13.7. The van der Waals surface area contributed by atoms with E-state index in [1.165, 1.54) is 0 Å². The smallest absolute Gasteiger partial charge is 0.241 e. The number of hydrogen-bond acceptors (Lipinski definition) is 3. The van der Waals surface area contributed by atoms with E-state index in [1.54, 1.807) is 0 Å². The highest BCUT2D eigenvalue weighted by molar-refractivity contribution is 7.89. The Morgan fingerprint density at radius 2 is 1.75 bits per heavy atom. The van der Waals surface area contributed by atoms with Crippen molar-refractivity contribution in [2.75, 3.05) is 11.9 Å². The van der Waals surface area contributed by atoms with Crippen molar-refractivity contribution in [1.29, 1.82) is 0 Å². The normalized spacial score (nSPS) is 20.8. The van der Waals surface area contributed by atoms with Crippen LogP contribution in [0.2, 0.25) is 0 Å². The van der Waals surface area contributed by atoms with E-state index in [4.69, 9.17) is 0 Å². The minimum atomic E-state index is -3.44. The summed E-state index contributed by atoms with van der Waals surface area (Å²) in [4.78, 5) is 0.418. The molecule has 1 unspecified atom stereocenters. The lowest BCUT2D eigenvalue weighted by molar-refractivity contribution is 0.554. The van der Waals surface area contributed by atoms with Gasteiger partial charge in [-0.2, -0.15) is 0 Å². The van der Waals surface area contributed by atoms with Gasteiger partial charge in [-0.25, -0.2) is 13.1 Å². The number of aryl methyl sites for hydroxylation is 2. The van der Waals surface area contributed by atoms with Crippen molar-refractivity contribution in [2.24, 2.45) is 5.41 Å². The molecule has 112 valence electrons. The van der Waals surface area contributed by atoms with Gasteiger partial charge in [0.2, 0.25) is 10.0 Å². The van der Waals surface area contributed by atoms with Gasteiger partial charge in [-0.05, 0) is 55.9 Å². The fourth-order valence-electron chi connectivity index (χ4n) is 2.59. The van der Waals surface area contributed by atoms with Crippen LogP contribution in [0.5, 0.6) is 0 Å². The van der Waals surface area contributed by atoms with E-state index in [9.17, 15) is 8.42 Å². The second kappa shape index (κ2) is 5.04. The Hall–Kier alpha value is -1.07. The molecule has 2 rings (SSSR count). The van der Waals surface area contributed by atoms with Crippen molar-refractivity contribution in [2.45, 2.75) is 52.0 Å². The number of anilines is 1. The summed E-state index contributed by atoms with van der Waals surface area (Å²) in [6.07, 6.45) is 0.903. The van der Waals surface area contributed by atoms with E-state index < -0.39 is 10.0 Å². The van der Waals surface area contributed by atoms with Crippen LogP contribution in [-0.2, 0) is 10.0 Å². The number of benzene rings is 1. The van der Waals surface area contributed by atoms with Gasteiger partial charge in [0.15, 0.2) is 0 Å². The minimum absolute atomic E-state index is 0.0553. The quantitative estimate of drug-likeness (QED) is 0.878. The summed E-state index contributed by atoms with van der Waals surface area (Å²) < 4.78 is 27.9. The second-order valence-corrected chi connectivity index (χ2v) is 7.99. The average molecular weight is 296 g/mol. The van der Waals surface area contributed by atoms with Crippen LogP contribution in [-0.4, -0.2) is 21.0 Å². The SMILES string of the molecule is CCNc1cc(C)c(S(=O)(=O)NC2CC2(C)C)c(C)c1. The third-order valence-corrected chi connectivity index (χ3v) is 5.70. The number of rotatable bonds is 5. The third-order valence-electron chi connectivity index (χ3n) is 3.92. The summed E-state index contributed by atoms with van der Waals surface area (Å²) in [6, 6.07) is 3.84. The lowest BCUT2D eigenvalue weighted by atomic mass is 10.1. The molecule has 0 amide bonds. The van der Waals surface area contributed by atoms with Gasteiger partial charge < -0.3 is 5.32 Å². The Morgan fingerprint density at radius 1 is 1.25 bits per heavy atom. The molecule has 0 aromatic heterocycles. The fraction of sp³-hybridized carbons (Fsp3) is 0.600. The zero-order valence-electron chi connectivity index (χ0n) is 12.9. The van der Waals surface area contributed by atoms with Gasteiger partial charge in [0, 0.05) is 18.3 Å². The molecule has 0 bridgehead atoms. The van der Waals surface area contributed by atoms with Crippen molar-refractivity contribution in [3.63, 3.8) is 0 Å². The van der Waals surface area contributed by atoms with Gasteiger partial charge in [0.25, 0.3) is 0 Å². The predicted molar refractivity (Wildman–Crippen MR) is 82.6 cm³/mol. The van der Waals surface area contributed by atoms with Gasteiger partial charge in [0.05, 0.1) is 4.90 Å². The Bertz CT molecular complexity index is 598. The summed E-state index contributed by atoms with van der Waals surface area (Å²) in [7, 11) is -3.44. The topological polar surface area (TPSA) is 58.2 Å². The molecular weight excluding hydrogens is 272 g/mol. The van der Waals surface area contributed by atoms with Crippen LogP contribution in [0, 0.1) is 19.3 Å². The Labute approximate surface area is 122 Å². The molecule has 5 heteroatoms. The molecular formula is C15H24N2O2S. The molecule has 4 nitrogen and oxygen atoms in total. The van der Waals surface area contributed by atoms with E-state index in [0.717, 1.165) is 29.8 Å². The van der Waals surface area contributed by atoms with Gasteiger partial charge in [-0.15, -0.1) is 0 Å². The highest BCUT2D eigenvalue weighted by atomic mass is 32.2. The summed E-state index contributed by atoms with van der Waals surface area (Å²) in [5.41, 5.74) is 2.62. The first kappa shape index (κ1) is 15.3. The average Bonchev–Trinajstić information content (AvgIpc) is 2.83. The van der Waals surface area contributed by atoms with Crippen molar-refractivity contribution >= 4 is 15.7 Å². The van der Waals surface area contributed by atoms with Crippen molar-refractivity contribution in [1.82, 2.24) is 4.72 Å². The molecule has 1 saturated carbocycles. The standard InChI is InChI=1S/C15H24N2O2S/c1-6-16-12-7-10(2)14(11(3)8-12)20(18,19)17-13-9-15(13,4)5/h7-8,13,16-17H,6,9H2,1-5H3. The van der Waals surface area contributed by atoms with Gasteiger partial charge in [-0.1, -0.05) is 13.8 Å². The number of hydrogen-bond donors (Lipinski definition) is 2. The first-order valence-corrected chi connectivity index (χ1v) is 8.53. The van der Waals surface area contributed by atoms with E-state index in [-0.39, 0.29) is 11.5 Å². The first-order chi connectivity index (χ1) is 9.17. The van der Waals surface area contributed by atoms with Crippen LogP contribution in [0.1, 0.15) is 38.3 Å². The molecule has 1 aromatic carbocycles. The van der Waals surface area contributed by atoms with E-state index in [2.05, 4.69) is 23.9 Å². The Kier molecular flexibility index (Phi) is 3.86. The first-order valence-electron chi connectivity index (χ1n) is 7.05. The van der Waals surface area contributed by atoms with E-state index in [0.29, 0.717) is 4.90 Å². The molecule has 1 aliphatic rings. The molecule has 0 aliphatic heterocycles. The number of sulfonamides is 1. The van der Waals surface area contributed by atoms with Crippen LogP contribution in [0.4, 0.5) is 5.69 Å². The van der Waals surface area contributed by atoms with Crippen LogP contribution >= 0.6 is 0 Å². The number of nitrogens with one attached hydrogen (secondary N) is 2. The lowest BCUT2D eigenvalue weighted by Gasteiger charge is -2.15. The summed E-state index contributed by atoms with van der Waals surface area (Å²) in [6.45, 7) is 10.7. The van der Waals surface area contributed by atoms with Crippen LogP contribution in [0.25, 0.3) is 0 Å². The van der Waals surface area contributed by atoms with Crippen LogP contribution in [0.15, 0.2) is 17.0 Å². The van der Waals surface area contributed by atoms with Gasteiger partial charge in [-0.3, -0.25) is 0 Å². The highest BCUT2D eigenvalue weighted by Crippen LogP contribution is 2.45. The maximum Gasteiger partial charge on any atom is 0.241 e. The second-order valence-electron chi connectivity index (χ2n) is 6.34. The van der Waals surface area contributed by atoms with E-state index in [1.807, 2.05) is 32.9 Å². The monoisotopic (exact) mass is 296 g/mol. The van der Waals surface area contributed by atoms with Crippen LogP contribution < -0.4 is 10.0 Å². The molecule has 0 radical (unpaired) electrons. The maximum absolute atomic E-state index is 12.5. The lowest BCUT2D eigenvalue weighted by Crippen LogP contribution is -2.29. The summed E-state index contributed by atoms with van der Waals surface area (Å²) in [5.74, 6) is 0.